The molecule has 0 aliphatic carbocycles. The number of hydrogen-bond donors (Lipinski definition) is 2. The number of esters is 1. The highest BCUT2D eigenvalue weighted by Crippen LogP contribution is 2.38. The van der Waals surface area contributed by atoms with Gasteiger partial charge in [0.1, 0.15) is 11.6 Å². The first-order valence-electron chi connectivity index (χ1n) is 8.70. The second-order valence-electron chi connectivity index (χ2n) is 7.79. The Morgan fingerprint density at radius 1 is 1.33 bits per heavy atom. The lowest BCUT2D eigenvalue weighted by molar-refractivity contribution is -0.162. The van der Waals surface area contributed by atoms with Crippen LogP contribution in [0.1, 0.15) is 47.5 Å². The van der Waals surface area contributed by atoms with Gasteiger partial charge in [0.2, 0.25) is 5.91 Å². The van der Waals surface area contributed by atoms with Crippen LogP contribution in [0.4, 0.5) is 0 Å². The number of carbonyl (C=O) groups is 2. The number of nitrogens with one attached hydrogen (secondary N) is 1. The Morgan fingerprint density at radius 2 is 2.00 bits per heavy atom. The minimum atomic E-state index is -0.597. The molecule has 24 heavy (non-hydrogen) atoms. The molecule has 1 amide bonds. The highest BCUT2D eigenvalue weighted by molar-refractivity contribution is 5.77. The van der Waals surface area contributed by atoms with Crippen LogP contribution in [0.5, 0.6) is 0 Å². The summed E-state index contributed by atoms with van der Waals surface area (Å²) in [6.45, 7) is 9.61. The molecule has 2 aliphatic rings. The number of aliphatic hydroxyl groups is 1. The van der Waals surface area contributed by atoms with Crippen LogP contribution in [-0.4, -0.2) is 58.3 Å². The number of fused-ring (bicyclic) bond motifs is 1. The molecular weight excluding hydrogens is 308 g/mol. The van der Waals surface area contributed by atoms with Gasteiger partial charge in [-0.1, -0.05) is 12.2 Å². The number of ether oxygens (including phenoxy) is 1. The Bertz CT molecular complexity index is 512. The van der Waals surface area contributed by atoms with Crippen molar-refractivity contribution in [2.24, 2.45) is 5.92 Å². The van der Waals surface area contributed by atoms with E-state index in [0.29, 0.717) is 19.4 Å². The first kappa shape index (κ1) is 18.9. The minimum Gasteiger partial charge on any atom is -0.459 e. The van der Waals surface area contributed by atoms with E-state index in [2.05, 4.69) is 16.3 Å². The third kappa shape index (κ3) is 4.16. The molecule has 2 saturated heterocycles. The Balaban J connectivity index is 2.27. The van der Waals surface area contributed by atoms with E-state index in [1.165, 1.54) is 6.92 Å². The maximum Gasteiger partial charge on any atom is 0.323 e. The predicted molar refractivity (Wildman–Crippen MR) is 91.3 cm³/mol. The standard InChI is InChI=1S/C18H30N2O4/c1-6-7-12-10-13(17(23)24-18(3,4)5)20-9-8-14(22)15(16(12)20)19-11(2)21/h6-7,12-16,22H,8-10H2,1-5H3,(H,19,21)/b7-6-/t12-,13-,14+,15+,16-/m1/s1. The molecule has 2 heterocycles. The molecule has 0 radical (unpaired) electrons. The molecule has 5 atom stereocenters. The van der Waals surface area contributed by atoms with Crippen LogP contribution < -0.4 is 5.32 Å². The molecule has 2 rings (SSSR count). The zero-order chi connectivity index (χ0) is 18.1. The summed E-state index contributed by atoms with van der Waals surface area (Å²) in [6, 6.07) is -0.796. The summed E-state index contributed by atoms with van der Waals surface area (Å²) < 4.78 is 5.59. The number of rotatable bonds is 3. The second kappa shape index (κ2) is 7.23. The molecule has 0 spiro atoms. The van der Waals surface area contributed by atoms with Gasteiger partial charge < -0.3 is 15.2 Å². The number of aliphatic hydroxyl groups excluding tert-OH is 1. The molecule has 2 aliphatic heterocycles. The van der Waals surface area contributed by atoms with E-state index in [9.17, 15) is 14.7 Å². The average Bonchev–Trinajstić information content (AvgIpc) is 2.79. The largest absolute Gasteiger partial charge is 0.459 e. The van der Waals surface area contributed by atoms with Gasteiger partial charge in [-0.3, -0.25) is 14.5 Å². The number of piperidine rings is 1. The molecule has 0 bridgehead atoms. The third-order valence-electron chi connectivity index (χ3n) is 4.67. The Kier molecular flexibility index (Phi) is 5.71. The van der Waals surface area contributed by atoms with Crippen LogP contribution in [-0.2, 0) is 14.3 Å². The van der Waals surface area contributed by atoms with Gasteiger partial charge in [0.25, 0.3) is 0 Å². The predicted octanol–water partition coefficient (Wildman–Crippen LogP) is 1.23. The van der Waals surface area contributed by atoms with E-state index in [1.54, 1.807) is 0 Å². The van der Waals surface area contributed by atoms with Crippen molar-refractivity contribution in [1.82, 2.24) is 10.2 Å². The van der Waals surface area contributed by atoms with Crippen LogP contribution in [0, 0.1) is 5.92 Å². The highest BCUT2D eigenvalue weighted by atomic mass is 16.6. The summed E-state index contributed by atoms with van der Waals surface area (Å²) in [5.74, 6) is -0.294. The zero-order valence-corrected chi connectivity index (χ0v) is 15.3. The summed E-state index contributed by atoms with van der Waals surface area (Å²) in [5, 5.41) is 13.3. The number of carbonyl (C=O) groups excluding carboxylic acids is 2. The van der Waals surface area contributed by atoms with Crippen LogP contribution in [0.2, 0.25) is 0 Å². The van der Waals surface area contributed by atoms with Gasteiger partial charge in [0.15, 0.2) is 0 Å². The molecule has 0 aromatic rings. The van der Waals surface area contributed by atoms with Crippen LogP contribution in [0.3, 0.4) is 0 Å². The maximum atomic E-state index is 12.6. The topological polar surface area (TPSA) is 78.9 Å². The quantitative estimate of drug-likeness (QED) is 0.598. The minimum absolute atomic E-state index is 0.0913. The van der Waals surface area contributed by atoms with Crippen molar-refractivity contribution in [2.75, 3.05) is 6.54 Å². The molecule has 0 aromatic carbocycles. The number of hydrogen-bond acceptors (Lipinski definition) is 5. The van der Waals surface area contributed by atoms with Crippen molar-refractivity contribution in [1.29, 1.82) is 0 Å². The van der Waals surface area contributed by atoms with E-state index in [1.807, 2.05) is 33.8 Å². The van der Waals surface area contributed by atoms with E-state index < -0.39 is 11.7 Å². The van der Waals surface area contributed by atoms with Crippen molar-refractivity contribution in [3.05, 3.63) is 12.2 Å². The van der Waals surface area contributed by atoms with Crippen molar-refractivity contribution < 1.29 is 19.4 Å². The monoisotopic (exact) mass is 338 g/mol. The van der Waals surface area contributed by atoms with Gasteiger partial charge in [-0.2, -0.15) is 0 Å². The lowest BCUT2D eigenvalue weighted by atomic mass is 9.86. The Hall–Kier alpha value is -1.40. The molecule has 0 saturated carbocycles. The molecule has 136 valence electrons. The Labute approximate surface area is 144 Å². The molecule has 2 N–H and O–H groups in total. The number of allylic oxidation sites excluding steroid dienone is 1. The molecule has 0 unspecified atom stereocenters. The van der Waals surface area contributed by atoms with Crippen LogP contribution in [0.25, 0.3) is 0 Å². The van der Waals surface area contributed by atoms with Gasteiger partial charge >= 0.3 is 5.97 Å². The van der Waals surface area contributed by atoms with Gasteiger partial charge in [-0.25, -0.2) is 0 Å². The smallest absolute Gasteiger partial charge is 0.323 e. The van der Waals surface area contributed by atoms with Gasteiger partial charge in [0, 0.05) is 19.5 Å². The van der Waals surface area contributed by atoms with Gasteiger partial charge in [0.05, 0.1) is 12.1 Å². The Morgan fingerprint density at radius 3 is 2.54 bits per heavy atom. The zero-order valence-electron chi connectivity index (χ0n) is 15.3. The summed E-state index contributed by atoms with van der Waals surface area (Å²) in [4.78, 5) is 26.3. The second-order valence-corrected chi connectivity index (χ2v) is 7.79. The lowest BCUT2D eigenvalue weighted by Crippen LogP contribution is -2.62. The fourth-order valence-corrected chi connectivity index (χ4v) is 3.91. The molecular formula is C18H30N2O4. The lowest BCUT2D eigenvalue weighted by Gasteiger charge is -2.43. The summed E-state index contributed by atoms with van der Waals surface area (Å²) >= 11 is 0. The SMILES string of the molecule is C/C=C\[C@@H]1C[C@H](C(=O)OC(C)(C)C)N2CC[C@H](O)[C@H](NC(C)=O)[C@@H]12. The summed E-state index contributed by atoms with van der Waals surface area (Å²) in [5.41, 5.74) is -0.530. The highest BCUT2D eigenvalue weighted by Gasteiger charge is 2.51. The first-order valence-corrected chi connectivity index (χ1v) is 8.70. The molecule has 0 aromatic heterocycles. The van der Waals surface area contributed by atoms with Crippen molar-refractivity contribution >= 4 is 11.9 Å². The van der Waals surface area contributed by atoms with E-state index in [-0.39, 0.29) is 35.9 Å². The van der Waals surface area contributed by atoms with Crippen molar-refractivity contribution in [3.8, 4) is 0 Å². The maximum absolute atomic E-state index is 12.6. The average molecular weight is 338 g/mol. The molecule has 2 fully saturated rings. The fraction of sp³-hybridized carbons (Fsp3) is 0.778. The first-order chi connectivity index (χ1) is 11.1. The van der Waals surface area contributed by atoms with Gasteiger partial charge in [-0.15, -0.1) is 0 Å². The number of amides is 1. The third-order valence-corrected chi connectivity index (χ3v) is 4.67. The van der Waals surface area contributed by atoms with E-state index in [0.717, 1.165) is 0 Å². The molecule has 6 nitrogen and oxygen atoms in total. The summed E-state index contributed by atoms with van der Waals surface area (Å²) in [7, 11) is 0. The van der Waals surface area contributed by atoms with Gasteiger partial charge in [-0.05, 0) is 46.5 Å². The van der Waals surface area contributed by atoms with Crippen LogP contribution >= 0.6 is 0 Å². The molecule has 6 heteroatoms. The van der Waals surface area contributed by atoms with E-state index >= 15 is 0 Å². The normalized spacial score (nSPS) is 34.2. The van der Waals surface area contributed by atoms with E-state index in [4.69, 9.17) is 4.74 Å². The number of nitrogens with zero attached hydrogens (tertiary/aromatic N) is 1. The van der Waals surface area contributed by atoms with Crippen LogP contribution in [0.15, 0.2) is 12.2 Å². The summed E-state index contributed by atoms with van der Waals surface area (Å²) in [6.07, 6.45) is 4.61. The fourth-order valence-electron chi connectivity index (χ4n) is 3.91. The van der Waals surface area contributed by atoms with Crippen molar-refractivity contribution in [2.45, 2.75) is 77.3 Å². The van der Waals surface area contributed by atoms with Crippen molar-refractivity contribution in [3.63, 3.8) is 0 Å².